The number of nitrogens with one attached hydrogen (secondary N) is 1. The van der Waals surface area contributed by atoms with Crippen LogP contribution in [0.3, 0.4) is 0 Å². The van der Waals surface area contributed by atoms with Gasteiger partial charge in [0.15, 0.2) is 0 Å². The number of likely N-dealkylation sites (N-methyl/N-ethyl adjacent to an activating group) is 1. The summed E-state index contributed by atoms with van der Waals surface area (Å²) >= 11 is 0. The molecule has 1 aromatic heterocycles. The predicted octanol–water partition coefficient (Wildman–Crippen LogP) is 3.05. The zero-order valence-corrected chi connectivity index (χ0v) is 13.8. The maximum Gasteiger partial charge on any atom is 0.228 e. The van der Waals surface area contributed by atoms with E-state index in [-0.39, 0.29) is 5.60 Å². The molecule has 1 heterocycles. The van der Waals surface area contributed by atoms with Crippen molar-refractivity contribution in [1.82, 2.24) is 15.5 Å². The molecule has 0 bridgehead atoms. The van der Waals surface area contributed by atoms with Gasteiger partial charge in [-0.05, 0) is 45.1 Å². The molecule has 0 amide bonds. The SMILES string of the molecule is CCNC(Cc1nc(C2(OCC)CCCC2)no1)C(C)C. The first-order valence-corrected chi connectivity index (χ1v) is 8.31. The maximum absolute atomic E-state index is 5.99. The summed E-state index contributed by atoms with van der Waals surface area (Å²) in [6, 6.07) is 0.370. The molecule has 0 radical (unpaired) electrons. The summed E-state index contributed by atoms with van der Waals surface area (Å²) < 4.78 is 11.5. The second-order valence-electron chi connectivity index (χ2n) is 6.26. The first-order chi connectivity index (χ1) is 10.1. The van der Waals surface area contributed by atoms with E-state index in [0.717, 1.165) is 37.5 Å². The molecule has 1 unspecified atom stereocenters. The second kappa shape index (κ2) is 7.36. The summed E-state index contributed by atoms with van der Waals surface area (Å²) in [5, 5.41) is 7.71. The average molecular weight is 295 g/mol. The van der Waals surface area contributed by atoms with Gasteiger partial charge in [-0.2, -0.15) is 4.98 Å². The number of rotatable bonds is 8. The average Bonchev–Trinajstić information content (AvgIpc) is 3.08. The Bertz CT molecular complexity index is 425. The van der Waals surface area contributed by atoms with Gasteiger partial charge in [-0.25, -0.2) is 0 Å². The molecule has 1 saturated carbocycles. The van der Waals surface area contributed by atoms with Crippen molar-refractivity contribution in [1.29, 1.82) is 0 Å². The quantitative estimate of drug-likeness (QED) is 0.798. The molecule has 1 fully saturated rings. The molecular formula is C16H29N3O2. The molecule has 21 heavy (non-hydrogen) atoms. The minimum Gasteiger partial charge on any atom is -0.367 e. The van der Waals surface area contributed by atoms with Gasteiger partial charge in [-0.1, -0.05) is 25.9 Å². The minimum absolute atomic E-state index is 0.304. The lowest BCUT2D eigenvalue weighted by Crippen LogP contribution is -2.35. The number of nitrogens with zero attached hydrogens (tertiary/aromatic N) is 2. The normalized spacial score (nSPS) is 19.3. The Balaban J connectivity index is 2.09. The fourth-order valence-electron chi connectivity index (χ4n) is 3.17. The van der Waals surface area contributed by atoms with E-state index < -0.39 is 0 Å². The van der Waals surface area contributed by atoms with E-state index in [1.54, 1.807) is 0 Å². The first-order valence-electron chi connectivity index (χ1n) is 8.31. The lowest BCUT2D eigenvalue weighted by Gasteiger charge is -2.24. The van der Waals surface area contributed by atoms with Gasteiger partial charge in [-0.3, -0.25) is 0 Å². The minimum atomic E-state index is -0.304. The molecule has 1 N–H and O–H groups in total. The number of hydrogen-bond acceptors (Lipinski definition) is 5. The molecule has 5 heteroatoms. The molecular weight excluding hydrogens is 266 g/mol. The van der Waals surface area contributed by atoms with Crippen molar-refractivity contribution >= 4 is 0 Å². The summed E-state index contributed by atoms with van der Waals surface area (Å²) in [5.74, 6) is 2.00. The molecule has 0 saturated heterocycles. The smallest absolute Gasteiger partial charge is 0.228 e. The Morgan fingerprint density at radius 1 is 1.29 bits per heavy atom. The van der Waals surface area contributed by atoms with Crippen molar-refractivity contribution < 1.29 is 9.26 Å². The van der Waals surface area contributed by atoms with Crippen LogP contribution in [0.15, 0.2) is 4.52 Å². The van der Waals surface area contributed by atoms with E-state index in [0.29, 0.717) is 18.6 Å². The van der Waals surface area contributed by atoms with Crippen LogP contribution in [0.5, 0.6) is 0 Å². The van der Waals surface area contributed by atoms with Gasteiger partial charge >= 0.3 is 0 Å². The third-order valence-electron chi connectivity index (χ3n) is 4.37. The lowest BCUT2D eigenvalue weighted by atomic mass is 10.00. The van der Waals surface area contributed by atoms with Gasteiger partial charge < -0.3 is 14.6 Å². The van der Waals surface area contributed by atoms with Gasteiger partial charge in [0.2, 0.25) is 11.7 Å². The lowest BCUT2D eigenvalue weighted by molar-refractivity contribution is -0.0469. The Hall–Kier alpha value is -0.940. The van der Waals surface area contributed by atoms with Gasteiger partial charge in [0.05, 0.1) is 0 Å². The second-order valence-corrected chi connectivity index (χ2v) is 6.26. The van der Waals surface area contributed by atoms with Crippen LogP contribution >= 0.6 is 0 Å². The Kier molecular flexibility index (Phi) is 5.76. The van der Waals surface area contributed by atoms with E-state index in [4.69, 9.17) is 9.26 Å². The molecule has 5 nitrogen and oxygen atoms in total. The van der Waals surface area contributed by atoms with Crippen LogP contribution in [0.2, 0.25) is 0 Å². The van der Waals surface area contributed by atoms with Crippen LogP contribution in [0.25, 0.3) is 0 Å². The standard InChI is InChI=1S/C16H29N3O2/c1-5-17-13(12(3)4)11-14-18-15(19-21-14)16(20-6-2)9-7-8-10-16/h12-13,17H,5-11H2,1-4H3. The topological polar surface area (TPSA) is 60.2 Å². The van der Waals surface area contributed by atoms with Crippen LogP contribution in [-0.2, 0) is 16.8 Å². The van der Waals surface area contributed by atoms with E-state index in [2.05, 4.69) is 36.2 Å². The number of hydrogen-bond donors (Lipinski definition) is 1. The van der Waals surface area contributed by atoms with Crippen LogP contribution in [0, 0.1) is 5.92 Å². The molecule has 120 valence electrons. The molecule has 1 aromatic rings. The van der Waals surface area contributed by atoms with Crippen molar-refractivity contribution in [2.45, 2.75) is 71.4 Å². The van der Waals surface area contributed by atoms with Crippen LogP contribution in [0.4, 0.5) is 0 Å². The van der Waals surface area contributed by atoms with Gasteiger partial charge in [-0.15, -0.1) is 0 Å². The van der Waals surface area contributed by atoms with Crippen molar-refractivity contribution in [2.24, 2.45) is 5.92 Å². The van der Waals surface area contributed by atoms with E-state index in [9.17, 15) is 0 Å². The molecule has 1 aliphatic rings. The Morgan fingerprint density at radius 2 is 2.00 bits per heavy atom. The molecule has 2 rings (SSSR count). The van der Waals surface area contributed by atoms with Gasteiger partial charge in [0.1, 0.15) is 5.60 Å². The largest absolute Gasteiger partial charge is 0.367 e. The fourth-order valence-corrected chi connectivity index (χ4v) is 3.17. The van der Waals surface area contributed by atoms with Gasteiger partial charge in [0, 0.05) is 19.1 Å². The fraction of sp³-hybridized carbons (Fsp3) is 0.875. The van der Waals surface area contributed by atoms with Crippen LogP contribution in [-0.4, -0.2) is 29.3 Å². The number of aromatic nitrogens is 2. The molecule has 1 atom stereocenters. The van der Waals surface area contributed by atoms with E-state index in [1.807, 2.05) is 6.92 Å². The first kappa shape index (κ1) is 16.4. The van der Waals surface area contributed by atoms with Crippen molar-refractivity contribution in [2.75, 3.05) is 13.2 Å². The highest BCUT2D eigenvalue weighted by atomic mass is 16.5. The van der Waals surface area contributed by atoms with Crippen LogP contribution in [0.1, 0.15) is 65.1 Å². The molecule has 0 aliphatic heterocycles. The third-order valence-corrected chi connectivity index (χ3v) is 4.37. The zero-order valence-electron chi connectivity index (χ0n) is 13.8. The van der Waals surface area contributed by atoms with Gasteiger partial charge in [0.25, 0.3) is 0 Å². The van der Waals surface area contributed by atoms with E-state index >= 15 is 0 Å². The van der Waals surface area contributed by atoms with Crippen molar-refractivity contribution in [3.63, 3.8) is 0 Å². The highest BCUT2D eigenvalue weighted by Crippen LogP contribution is 2.40. The summed E-state index contributed by atoms with van der Waals surface area (Å²) in [5.41, 5.74) is -0.304. The van der Waals surface area contributed by atoms with E-state index in [1.165, 1.54) is 12.8 Å². The zero-order chi connectivity index (χ0) is 15.3. The van der Waals surface area contributed by atoms with Crippen LogP contribution < -0.4 is 5.32 Å². The molecule has 1 aliphatic carbocycles. The van der Waals surface area contributed by atoms with Crippen molar-refractivity contribution in [3.05, 3.63) is 11.7 Å². The monoisotopic (exact) mass is 295 g/mol. The molecule has 0 aromatic carbocycles. The maximum atomic E-state index is 5.99. The summed E-state index contributed by atoms with van der Waals surface area (Å²) in [7, 11) is 0. The summed E-state index contributed by atoms with van der Waals surface area (Å²) in [6.45, 7) is 10.2. The summed E-state index contributed by atoms with van der Waals surface area (Å²) in [6.07, 6.45) is 5.13. The summed E-state index contributed by atoms with van der Waals surface area (Å²) in [4.78, 5) is 4.64. The number of ether oxygens (including phenoxy) is 1. The Labute approximate surface area is 127 Å². The highest BCUT2D eigenvalue weighted by molar-refractivity contribution is 5.05. The van der Waals surface area contributed by atoms with Crippen molar-refractivity contribution in [3.8, 4) is 0 Å². The highest BCUT2D eigenvalue weighted by Gasteiger charge is 2.40. The molecule has 0 spiro atoms. The predicted molar refractivity (Wildman–Crippen MR) is 82.1 cm³/mol. The third kappa shape index (κ3) is 3.83. The Morgan fingerprint density at radius 3 is 2.57 bits per heavy atom.